The Balaban J connectivity index is 1.84. The number of carbonyl (C=O) groups is 2. The molecule has 0 spiro atoms. The summed E-state index contributed by atoms with van der Waals surface area (Å²) < 4.78 is 5.14. The first-order valence-electron chi connectivity index (χ1n) is 8.01. The predicted molar refractivity (Wildman–Crippen MR) is 94.8 cm³/mol. The summed E-state index contributed by atoms with van der Waals surface area (Å²) in [6, 6.07) is 10.1. The van der Waals surface area contributed by atoms with E-state index in [0.717, 1.165) is 5.56 Å². The van der Waals surface area contributed by atoms with Crippen molar-refractivity contribution in [3.8, 4) is 0 Å². The molecule has 3 N–H and O–H groups in total. The maximum absolute atomic E-state index is 11.9. The van der Waals surface area contributed by atoms with Crippen molar-refractivity contribution in [1.29, 1.82) is 0 Å². The van der Waals surface area contributed by atoms with Gasteiger partial charge in [0.15, 0.2) is 0 Å². The van der Waals surface area contributed by atoms with Gasteiger partial charge in [-0.2, -0.15) is 0 Å². The van der Waals surface area contributed by atoms with Gasteiger partial charge in [0.25, 0.3) is 5.91 Å². The number of hydrogen-bond donors (Lipinski definition) is 3. The number of hydrogen-bond acceptors (Lipinski definition) is 4. The smallest absolute Gasteiger partial charge is 0.251 e. The third-order valence-electron chi connectivity index (χ3n) is 3.66. The van der Waals surface area contributed by atoms with E-state index in [0.29, 0.717) is 17.7 Å². The maximum Gasteiger partial charge on any atom is 0.251 e. The van der Waals surface area contributed by atoms with E-state index in [9.17, 15) is 14.7 Å². The molecule has 1 aromatic heterocycles. The quantitative estimate of drug-likeness (QED) is 0.673. The third kappa shape index (κ3) is 5.61. The third-order valence-corrected chi connectivity index (χ3v) is 3.66. The number of carbonyl (C=O) groups excluding carboxylic acids is 2. The van der Waals surface area contributed by atoms with Crippen molar-refractivity contribution in [2.24, 2.45) is 0 Å². The molecule has 1 heterocycles. The SMILES string of the molecule is CNC(=O)c1ccc(/C=C/C(=O)NC(C)CC(O)c2ccco2)cc1. The van der Waals surface area contributed by atoms with E-state index in [-0.39, 0.29) is 17.9 Å². The molecule has 0 saturated carbocycles. The molecule has 6 heteroatoms. The molecule has 0 saturated heterocycles. The highest BCUT2D eigenvalue weighted by molar-refractivity contribution is 5.94. The number of benzene rings is 1. The van der Waals surface area contributed by atoms with Crippen LogP contribution in [0.3, 0.4) is 0 Å². The second kappa shape index (κ2) is 8.84. The Morgan fingerprint density at radius 1 is 1.24 bits per heavy atom. The van der Waals surface area contributed by atoms with Crippen LogP contribution in [0.1, 0.15) is 41.1 Å². The average Bonchev–Trinajstić information content (AvgIpc) is 3.14. The van der Waals surface area contributed by atoms with Crippen LogP contribution in [0.5, 0.6) is 0 Å². The Kier molecular flexibility index (Phi) is 6.54. The molecular weight excluding hydrogens is 320 g/mol. The lowest BCUT2D eigenvalue weighted by molar-refractivity contribution is -0.117. The van der Waals surface area contributed by atoms with Crippen LogP contribution in [-0.2, 0) is 4.79 Å². The highest BCUT2D eigenvalue weighted by atomic mass is 16.4. The predicted octanol–water partition coefficient (Wildman–Crippen LogP) is 2.28. The van der Waals surface area contributed by atoms with Crippen LogP contribution in [-0.4, -0.2) is 30.0 Å². The molecule has 0 aliphatic heterocycles. The summed E-state index contributed by atoms with van der Waals surface area (Å²) in [5.74, 6) is 0.0691. The highest BCUT2D eigenvalue weighted by Gasteiger charge is 2.15. The van der Waals surface area contributed by atoms with E-state index in [1.807, 2.05) is 6.92 Å². The van der Waals surface area contributed by atoms with Crippen molar-refractivity contribution in [2.45, 2.75) is 25.5 Å². The Bertz CT molecular complexity index is 720. The van der Waals surface area contributed by atoms with Crippen LogP contribution in [0.2, 0.25) is 0 Å². The molecule has 2 amide bonds. The van der Waals surface area contributed by atoms with Crippen LogP contribution < -0.4 is 10.6 Å². The molecule has 6 nitrogen and oxygen atoms in total. The largest absolute Gasteiger partial charge is 0.467 e. The van der Waals surface area contributed by atoms with Gasteiger partial charge in [-0.3, -0.25) is 9.59 Å². The van der Waals surface area contributed by atoms with Gasteiger partial charge in [0.2, 0.25) is 5.91 Å². The van der Waals surface area contributed by atoms with Crippen LogP contribution >= 0.6 is 0 Å². The minimum Gasteiger partial charge on any atom is -0.467 e. The normalized spacial score (nSPS) is 13.4. The second-order valence-corrected chi connectivity index (χ2v) is 5.71. The number of aliphatic hydroxyl groups is 1. The van der Waals surface area contributed by atoms with Crippen LogP contribution in [0, 0.1) is 0 Å². The molecule has 25 heavy (non-hydrogen) atoms. The molecule has 2 rings (SSSR count). The van der Waals surface area contributed by atoms with Crippen molar-refractivity contribution >= 4 is 17.9 Å². The van der Waals surface area contributed by atoms with Crippen LogP contribution in [0.25, 0.3) is 6.08 Å². The van der Waals surface area contributed by atoms with Crippen molar-refractivity contribution in [3.05, 3.63) is 65.6 Å². The van der Waals surface area contributed by atoms with Gasteiger partial charge in [-0.1, -0.05) is 12.1 Å². The Morgan fingerprint density at radius 3 is 2.56 bits per heavy atom. The average molecular weight is 342 g/mol. The molecule has 2 aromatic rings. The monoisotopic (exact) mass is 342 g/mol. The molecule has 2 unspecified atom stereocenters. The van der Waals surface area contributed by atoms with E-state index in [2.05, 4.69) is 10.6 Å². The first-order valence-corrected chi connectivity index (χ1v) is 8.01. The fourth-order valence-electron chi connectivity index (χ4n) is 2.34. The summed E-state index contributed by atoms with van der Waals surface area (Å²) in [6.07, 6.45) is 4.18. The lowest BCUT2D eigenvalue weighted by Crippen LogP contribution is -2.32. The van der Waals surface area contributed by atoms with Crippen LogP contribution in [0.4, 0.5) is 0 Å². The van der Waals surface area contributed by atoms with Crippen molar-refractivity contribution in [3.63, 3.8) is 0 Å². The second-order valence-electron chi connectivity index (χ2n) is 5.71. The summed E-state index contributed by atoms with van der Waals surface area (Å²) in [6.45, 7) is 1.82. The van der Waals surface area contributed by atoms with Gasteiger partial charge in [0.1, 0.15) is 11.9 Å². The number of aliphatic hydroxyl groups excluding tert-OH is 1. The van der Waals surface area contributed by atoms with E-state index in [4.69, 9.17) is 4.42 Å². The van der Waals surface area contributed by atoms with E-state index in [1.165, 1.54) is 12.3 Å². The minimum absolute atomic E-state index is 0.155. The number of nitrogens with one attached hydrogen (secondary N) is 2. The van der Waals surface area contributed by atoms with Gasteiger partial charge in [0.05, 0.1) is 6.26 Å². The molecule has 0 fully saturated rings. The Hall–Kier alpha value is -2.86. The molecule has 0 aliphatic carbocycles. The lowest BCUT2D eigenvalue weighted by Gasteiger charge is -2.15. The van der Waals surface area contributed by atoms with Gasteiger partial charge in [0, 0.05) is 31.1 Å². The molecule has 0 radical (unpaired) electrons. The zero-order valence-corrected chi connectivity index (χ0v) is 14.2. The van der Waals surface area contributed by atoms with Gasteiger partial charge in [-0.15, -0.1) is 0 Å². The van der Waals surface area contributed by atoms with Gasteiger partial charge < -0.3 is 20.2 Å². The fourth-order valence-corrected chi connectivity index (χ4v) is 2.34. The zero-order valence-electron chi connectivity index (χ0n) is 14.2. The van der Waals surface area contributed by atoms with Gasteiger partial charge in [-0.05, 0) is 42.8 Å². The first kappa shape index (κ1) is 18.5. The summed E-state index contributed by atoms with van der Waals surface area (Å²) in [5, 5.41) is 15.3. The minimum atomic E-state index is -0.758. The summed E-state index contributed by atoms with van der Waals surface area (Å²) in [5.41, 5.74) is 1.37. The summed E-state index contributed by atoms with van der Waals surface area (Å²) in [7, 11) is 1.57. The fraction of sp³-hybridized carbons (Fsp3) is 0.263. The van der Waals surface area contributed by atoms with Crippen LogP contribution in [0.15, 0.2) is 53.2 Å². The number of furan rings is 1. The zero-order chi connectivity index (χ0) is 18.2. The highest BCUT2D eigenvalue weighted by Crippen LogP contribution is 2.18. The van der Waals surface area contributed by atoms with Gasteiger partial charge in [-0.25, -0.2) is 0 Å². The molecular formula is C19H22N2O4. The molecule has 0 aliphatic rings. The van der Waals surface area contributed by atoms with Crippen molar-refractivity contribution in [2.75, 3.05) is 7.05 Å². The summed E-state index contributed by atoms with van der Waals surface area (Å²) in [4.78, 5) is 23.4. The lowest BCUT2D eigenvalue weighted by atomic mass is 10.1. The number of rotatable bonds is 7. The molecule has 132 valence electrons. The van der Waals surface area contributed by atoms with E-state index in [1.54, 1.807) is 49.5 Å². The topological polar surface area (TPSA) is 91.6 Å². The Morgan fingerprint density at radius 2 is 1.96 bits per heavy atom. The Labute approximate surface area is 146 Å². The number of amides is 2. The van der Waals surface area contributed by atoms with Gasteiger partial charge >= 0.3 is 0 Å². The standard InChI is InChI=1S/C19H22N2O4/c1-13(12-16(22)17-4-3-11-25-17)21-18(23)10-7-14-5-8-15(9-6-14)19(24)20-2/h3-11,13,16,22H,12H2,1-2H3,(H,20,24)(H,21,23)/b10-7+. The molecule has 2 atom stereocenters. The van der Waals surface area contributed by atoms with E-state index >= 15 is 0 Å². The maximum atomic E-state index is 11.9. The molecule has 1 aromatic carbocycles. The summed E-state index contributed by atoms with van der Waals surface area (Å²) >= 11 is 0. The van der Waals surface area contributed by atoms with E-state index < -0.39 is 6.10 Å². The van der Waals surface area contributed by atoms with Crippen molar-refractivity contribution < 1.29 is 19.1 Å². The first-order chi connectivity index (χ1) is 12.0. The molecule has 0 bridgehead atoms. The van der Waals surface area contributed by atoms with Crippen molar-refractivity contribution in [1.82, 2.24) is 10.6 Å².